The third-order valence-electron chi connectivity index (χ3n) is 1.69. The summed E-state index contributed by atoms with van der Waals surface area (Å²) in [6.45, 7) is -0.179. The molecule has 2 rings (SSSR count). The standard InChI is InChI=1S/C7H8N2O2S/c10-3-5-7-9(1-2-12-7)6(4-11)8-5/h1-2,10-11H,3-4H2. The van der Waals surface area contributed by atoms with E-state index in [1.165, 1.54) is 11.3 Å². The van der Waals surface area contributed by atoms with Gasteiger partial charge in [0.2, 0.25) is 0 Å². The topological polar surface area (TPSA) is 57.8 Å². The monoisotopic (exact) mass is 184 g/mol. The molecule has 2 aromatic heterocycles. The van der Waals surface area contributed by atoms with Crippen LogP contribution in [0.15, 0.2) is 11.6 Å². The molecule has 0 bridgehead atoms. The van der Waals surface area contributed by atoms with Crippen molar-refractivity contribution < 1.29 is 10.2 Å². The molecule has 0 saturated carbocycles. The first-order chi connectivity index (χ1) is 5.86. The molecule has 2 heterocycles. The fraction of sp³-hybridized carbons (Fsp3) is 0.286. The maximum Gasteiger partial charge on any atom is 0.140 e. The molecule has 0 atom stereocenters. The Morgan fingerprint density at radius 1 is 1.42 bits per heavy atom. The van der Waals surface area contributed by atoms with Gasteiger partial charge in [0, 0.05) is 11.6 Å². The lowest BCUT2D eigenvalue weighted by atomic mass is 10.5. The predicted octanol–water partition coefficient (Wildman–Crippen LogP) is 0.380. The summed E-state index contributed by atoms with van der Waals surface area (Å²) < 4.78 is 1.79. The summed E-state index contributed by atoms with van der Waals surface area (Å²) in [5, 5.41) is 19.7. The van der Waals surface area contributed by atoms with Gasteiger partial charge in [-0.25, -0.2) is 4.98 Å². The fourth-order valence-electron chi connectivity index (χ4n) is 1.16. The molecule has 0 radical (unpaired) electrons. The number of imidazole rings is 1. The van der Waals surface area contributed by atoms with E-state index < -0.39 is 0 Å². The zero-order valence-electron chi connectivity index (χ0n) is 6.27. The molecule has 0 saturated heterocycles. The van der Waals surface area contributed by atoms with Crippen molar-refractivity contribution in [2.75, 3.05) is 0 Å². The van der Waals surface area contributed by atoms with Crippen LogP contribution in [0.3, 0.4) is 0 Å². The second-order valence-electron chi connectivity index (χ2n) is 2.37. The Kier molecular flexibility index (Phi) is 1.84. The van der Waals surface area contributed by atoms with Crippen molar-refractivity contribution in [1.82, 2.24) is 9.38 Å². The number of rotatable bonds is 2. The predicted molar refractivity (Wildman–Crippen MR) is 44.9 cm³/mol. The second kappa shape index (κ2) is 2.85. The Morgan fingerprint density at radius 2 is 2.25 bits per heavy atom. The van der Waals surface area contributed by atoms with Crippen LogP contribution < -0.4 is 0 Å². The molecule has 0 aliphatic heterocycles. The van der Waals surface area contributed by atoms with Crippen LogP contribution in [0, 0.1) is 0 Å². The number of nitrogens with zero attached hydrogens (tertiary/aromatic N) is 2. The molecule has 2 N–H and O–H groups in total. The van der Waals surface area contributed by atoms with Gasteiger partial charge in [-0.3, -0.25) is 4.40 Å². The van der Waals surface area contributed by atoms with Crippen LogP contribution in [-0.4, -0.2) is 19.6 Å². The van der Waals surface area contributed by atoms with E-state index in [1.54, 1.807) is 4.40 Å². The number of hydrogen-bond donors (Lipinski definition) is 2. The van der Waals surface area contributed by atoms with E-state index in [9.17, 15) is 0 Å². The maximum absolute atomic E-state index is 8.91. The highest BCUT2D eigenvalue weighted by atomic mass is 32.1. The van der Waals surface area contributed by atoms with Crippen molar-refractivity contribution in [3.8, 4) is 0 Å². The van der Waals surface area contributed by atoms with Crippen LogP contribution in [0.2, 0.25) is 0 Å². The minimum absolute atomic E-state index is 0.0794. The Balaban J connectivity index is 2.70. The van der Waals surface area contributed by atoms with E-state index >= 15 is 0 Å². The Labute approximate surface area is 72.7 Å². The molecule has 0 amide bonds. The number of hydrogen-bond acceptors (Lipinski definition) is 4. The lowest BCUT2D eigenvalue weighted by molar-refractivity contribution is 0.265. The molecule has 0 aromatic carbocycles. The van der Waals surface area contributed by atoms with E-state index in [-0.39, 0.29) is 13.2 Å². The second-order valence-corrected chi connectivity index (χ2v) is 3.26. The first kappa shape index (κ1) is 7.72. The van der Waals surface area contributed by atoms with E-state index in [1.807, 2.05) is 11.6 Å². The van der Waals surface area contributed by atoms with Crippen molar-refractivity contribution in [3.63, 3.8) is 0 Å². The lowest BCUT2D eigenvalue weighted by Gasteiger charge is -1.87. The molecule has 5 heteroatoms. The van der Waals surface area contributed by atoms with Gasteiger partial charge in [-0.2, -0.15) is 0 Å². The molecular formula is C7H8N2O2S. The van der Waals surface area contributed by atoms with Crippen LogP contribution in [0.25, 0.3) is 4.83 Å². The van der Waals surface area contributed by atoms with Gasteiger partial charge in [0.05, 0.1) is 6.61 Å². The van der Waals surface area contributed by atoms with Crippen LogP contribution >= 0.6 is 11.3 Å². The summed E-state index contributed by atoms with van der Waals surface area (Å²) in [7, 11) is 0. The van der Waals surface area contributed by atoms with Gasteiger partial charge in [-0.1, -0.05) is 0 Å². The third-order valence-corrected chi connectivity index (χ3v) is 2.60. The van der Waals surface area contributed by atoms with Gasteiger partial charge >= 0.3 is 0 Å². The van der Waals surface area contributed by atoms with Crippen molar-refractivity contribution in [3.05, 3.63) is 23.1 Å². The zero-order valence-corrected chi connectivity index (χ0v) is 7.08. The van der Waals surface area contributed by atoms with Gasteiger partial charge in [0.25, 0.3) is 0 Å². The molecule has 0 spiro atoms. The van der Waals surface area contributed by atoms with Crippen molar-refractivity contribution in [1.29, 1.82) is 0 Å². The van der Waals surface area contributed by atoms with Crippen molar-refractivity contribution >= 4 is 16.2 Å². The summed E-state index contributed by atoms with van der Waals surface area (Å²) in [4.78, 5) is 4.96. The smallest absolute Gasteiger partial charge is 0.140 e. The largest absolute Gasteiger partial charge is 0.390 e. The van der Waals surface area contributed by atoms with Crippen molar-refractivity contribution in [2.24, 2.45) is 0 Å². The normalized spacial score (nSPS) is 11.2. The average molecular weight is 184 g/mol. The lowest BCUT2D eigenvalue weighted by Crippen LogP contribution is -1.90. The minimum atomic E-state index is -0.0993. The van der Waals surface area contributed by atoms with Gasteiger partial charge < -0.3 is 10.2 Å². The van der Waals surface area contributed by atoms with E-state index in [0.717, 1.165) is 4.83 Å². The number of aromatic nitrogens is 2. The van der Waals surface area contributed by atoms with Crippen LogP contribution in [0.5, 0.6) is 0 Å². The first-order valence-corrected chi connectivity index (χ1v) is 4.40. The van der Waals surface area contributed by atoms with Crippen LogP contribution in [0.1, 0.15) is 11.5 Å². The highest BCUT2D eigenvalue weighted by Crippen LogP contribution is 2.18. The van der Waals surface area contributed by atoms with E-state index in [0.29, 0.717) is 11.5 Å². The molecule has 2 aromatic rings. The number of aliphatic hydroxyl groups is 2. The van der Waals surface area contributed by atoms with Crippen LogP contribution in [0.4, 0.5) is 0 Å². The number of fused-ring (bicyclic) bond motifs is 1. The molecule has 0 aliphatic carbocycles. The summed E-state index contributed by atoms with van der Waals surface area (Å²) in [5.41, 5.74) is 0.633. The first-order valence-electron chi connectivity index (χ1n) is 3.52. The quantitative estimate of drug-likeness (QED) is 0.709. The van der Waals surface area contributed by atoms with Gasteiger partial charge in [0.1, 0.15) is 23.0 Å². The van der Waals surface area contributed by atoms with E-state index in [4.69, 9.17) is 10.2 Å². The molecule has 0 unspecified atom stereocenters. The zero-order chi connectivity index (χ0) is 8.55. The molecule has 0 aliphatic rings. The Morgan fingerprint density at radius 3 is 2.92 bits per heavy atom. The maximum atomic E-state index is 8.91. The minimum Gasteiger partial charge on any atom is -0.390 e. The highest BCUT2D eigenvalue weighted by molar-refractivity contribution is 7.15. The summed E-state index contributed by atoms with van der Waals surface area (Å²) >= 11 is 1.50. The molecule has 64 valence electrons. The van der Waals surface area contributed by atoms with E-state index in [2.05, 4.69) is 4.98 Å². The van der Waals surface area contributed by atoms with Crippen molar-refractivity contribution in [2.45, 2.75) is 13.2 Å². The Bertz CT molecular complexity index is 359. The van der Waals surface area contributed by atoms with Gasteiger partial charge in [-0.05, 0) is 0 Å². The summed E-state index contributed by atoms with van der Waals surface area (Å²) in [6, 6.07) is 0. The highest BCUT2D eigenvalue weighted by Gasteiger charge is 2.09. The molecule has 4 nitrogen and oxygen atoms in total. The molecule has 0 fully saturated rings. The molecular weight excluding hydrogens is 176 g/mol. The van der Waals surface area contributed by atoms with Crippen LogP contribution in [-0.2, 0) is 13.2 Å². The SMILES string of the molecule is OCc1nc(CO)n2ccsc12. The number of aliphatic hydroxyl groups excluding tert-OH is 2. The number of thiazole rings is 1. The Hall–Kier alpha value is -0.910. The average Bonchev–Trinajstić information content (AvgIpc) is 2.63. The summed E-state index contributed by atoms with van der Waals surface area (Å²) in [5.74, 6) is 0.579. The van der Waals surface area contributed by atoms with Gasteiger partial charge in [-0.15, -0.1) is 11.3 Å². The third kappa shape index (κ3) is 0.945. The fourth-order valence-corrected chi connectivity index (χ4v) is 2.00. The summed E-state index contributed by atoms with van der Waals surface area (Å²) in [6.07, 6.45) is 1.83. The van der Waals surface area contributed by atoms with Gasteiger partial charge in [0.15, 0.2) is 0 Å². The molecule has 12 heavy (non-hydrogen) atoms.